The van der Waals surface area contributed by atoms with Gasteiger partial charge in [-0.25, -0.2) is 0 Å². The lowest BCUT2D eigenvalue weighted by molar-refractivity contribution is 0.477. The van der Waals surface area contributed by atoms with E-state index < -0.39 is 0 Å². The predicted molar refractivity (Wildman–Crippen MR) is 94.0 cm³/mol. The van der Waals surface area contributed by atoms with Gasteiger partial charge in [-0.05, 0) is 66.1 Å². The lowest BCUT2D eigenvalue weighted by Gasteiger charge is -2.20. The lowest BCUT2D eigenvalue weighted by atomic mass is 9.99. The first kappa shape index (κ1) is 16.3. The lowest BCUT2D eigenvalue weighted by Crippen LogP contribution is -2.30. The molecule has 0 aliphatic heterocycles. The molecule has 0 aliphatic carbocycles. The van der Waals surface area contributed by atoms with Crippen molar-refractivity contribution in [1.29, 1.82) is 0 Å². The summed E-state index contributed by atoms with van der Waals surface area (Å²) in [5.41, 5.74) is 4.24. The van der Waals surface area contributed by atoms with Crippen molar-refractivity contribution in [3.05, 3.63) is 57.8 Å². The molecule has 0 radical (unpaired) electrons. The number of rotatable bonds is 7. The second-order valence-corrected chi connectivity index (χ2v) is 7.24. The molecule has 0 saturated heterocycles. The van der Waals surface area contributed by atoms with E-state index in [-0.39, 0.29) is 0 Å². The van der Waals surface area contributed by atoms with Crippen LogP contribution in [0.3, 0.4) is 0 Å². The van der Waals surface area contributed by atoms with Gasteiger partial charge in [0.2, 0.25) is 0 Å². The Bertz CT molecular complexity index is 513. The highest BCUT2D eigenvalue weighted by Crippen LogP contribution is 2.17. The van der Waals surface area contributed by atoms with Crippen molar-refractivity contribution < 1.29 is 0 Å². The van der Waals surface area contributed by atoms with E-state index in [2.05, 4.69) is 74.1 Å². The van der Waals surface area contributed by atoms with Crippen LogP contribution in [0, 0.1) is 5.92 Å². The Kier molecular flexibility index (Phi) is 6.01. The number of hydrogen-bond donors (Lipinski definition) is 1. The van der Waals surface area contributed by atoms with Gasteiger partial charge >= 0.3 is 0 Å². The molecule has 0 saturated carbocycles. The van der Waals surface area contributed by atoms with Gasteiger partial charge in [-0.15, -0.1) is 0 Å². The fourth-order valence-corrected chi connectivity index (χ4v) is 3.44. The standard InChI is InChI=1S/C19H27NS/c1-14(2)11-17-5-7-19(8-6-17)16(4)20-15(3)12-18-9-10-21-13-18/h5-10,13-16,20H,11-12H2,1-4H3. The molecule has 2 aromatic rings. The molecule has 1 nitrogen and oxygen atoms in total. The average molecular weight is 301 g/mol. The average Bonchev–Trinajstić information content (AvgIpc) is 2.91. The number of benzene rings is 1. The first-order valence-corrected chi connectivity index (χ1v) is 8.85. The third-order valence-corrected chi connectivity index (χ3v) is 4.51. The molecule has 0 fully saturated rings. The van der Waals surface area contributed by atoms with Crippen molar-refractivity contribution in [2.45, 2.75) is 52.6 Å². The van der Waals surface area contributed by atoms with Gasteiger partial charge in [0.25, 0.3) is 0 Å². The summed E-state index contributed by atoms with van der Waals surface area (Å²) < 4.78 is 0. The van der Waals surface area contributed by atoms with Gasteiger partial charge < -0.3 is 5.32 Å². The van der Waals surface area contributed by atoms with Crippen molar-refractivity contribution >= 4 is 11.3 Å². The Balaban J connectivity index is 1.88. The van der Waals surface area contributed by atoms with Gasteiger partial charge in [0.1, 0.15) is 0 Å². The van der Waals surface area contributed by atoms with Gasteiger partial charge in [-0.1, -0.05) is 38.1 Å². The first-order chi connectivity index (χ1) is 10.0. The molecule has 2 rings (SSSR count). The number of nitrogens with one attached hydrogen (secondary N) is 1. The van der Waals surface area contributed by atoms with Gasteiger partial charge in [-0.2, -0.15) is 11.3 Å². The van der Waals surface area contributed by atoms with Crippen LogP contribution in [-0.2, 0) is 12.8 Å². The van der Waals surface area contributed by atoms with Crippen LogP contribution in [-0.4, -0.2) is 6.04 Å². The molecule has 0 aliphatic rings. The molecular formula is C19H27NS. The minimum Gasteiger partial charge on any atom is -0.307 e. The third-order valence-electron chi connectivity index (χ3n) is 3.78. The number of hydrogen-bond acceptors (Lipinski definition) is 2. The van der Waals surface area contributed by atoms with E-state index in [9.17, 15) is 0 Å². The number of thiophene rings is 1. The van der Waals surface area contributed by atoms with Crippen LogP contribution >= 0.6 is 11.3 Å². The smallest absolute Gasteiger partial charge is 0.0294 e. The summed E-state index contributed by atoms with van der Waals surface area (Å²) in [7, 11) is 0. The van der Waals surface area contributed by atoms with E-state index in [0.717, 1.165) is 18.8 Å². The summed E-state index contributed by atoms with van der Waals surface area (Å²) >= 11 is 1.78. The van der Waals surface area contributed by atoms with Crippen LogP contribution in [0.25, 0.3) is 0 Å². The molecule has 2 heteroatoms. The van der Waals surface area contributed by atoms with Crippen LogP contribution in [0.15, 0.2) is 41.1 Å². The predicted octanol–water partition coefficient (Wildman–Crippen LogP) is 5.23. The van der Waals surface area contributed by atoms with Gasteiger partial charge in [0.15, 0.2) is 0 Å². The maximum atomic E-state index is 3.70. The molecule has 1 heterocycles. The zero-order chi connectivity index (χ0) is 15.2. The summed E-state index contributed by atoms with van der Waals surface area (Å²) in [5, 5.41) is 8.09. The van der Waals surface area contributed by atoms with Crippen molar-refractivity contribution in [2.24, 2.45) is 5.92 Å². The maximum absolute atomic E-state index is 3.70. The van der Waals surface area contributed by atoms with Crippen LogP contribution in [0.5, 0.6) is 0 Å². The van der Waals surface area contributed by atoms with Gasteiger partial charge in [-0.3, -0.25) is 0 Å². The fraction of sp³-hybridized carbons (Fsp3) is 0.474. The summed E-state index contributed by atoms with van der Waals surface area (Å²) in [6, 6.07) is 12.2. The molecule has 21 heavy (non-hydrogen) atoms. The van der Waals surface area contributed by atoms with Gasteiger partial charge in [0.05, 0.1) is 0 Å². The van der Waals surface area contributed by atoms with E-state index >= 15 is 0 Å². The molecule has 0 bridgehead atoms. The van der Waals surface area contributed by atoms with E-state index in [0.29, 0.717) is 12.1 Å². The topological polar surface area (TPSA) is 12.0 Å². The highest BCUT2D eigenvalue weighted by Gasteiger charge is 2.10. The summed E-state index contributed by atoms with van der Waals surface area (Å²) in [5.74, 6) is 0.719. The summed E-state index contributed by atoms with van der Waals surface area (Å²) in [6.45, 7) is 9.05. The van der Waals surface area contributed by atoms with Crippen LogP contribution < -0.4 is 5.32 Å². The zero-order valence-electron chi connectivity index (χ0n) is 13.6. The first-order valence-electron chi connectivity index (χ1n) is 7.90. The highest BCUT2D eigenvalue weighted by molar-refractivity contribution is 7.07. The van der Waals surface area contributed by atoms with E-state index in [4.69, 9.17) is 0 Å². The Morgan fingerprint density at radius 2 is 1.62 bits per heavy atom. The van der Waals surface area contributed by atoms with Crippen molar-refractivity contribution in [1.82, 2.24) is 5.32 Å². The van der Waals surface area contributed by atoms with E-state index in [1.807, 2.05) is 0 Å². The molecule has 1 aromatic heterocycles. The maximum Gasteiger partial charge on any atom is 0.0294 e. The van der Waals surface area contributed by atoms with E-state index in [1.165, 1.54) is 16.7 Å². The fourth-order valence-electron chi connectivity index (χ4n) is 2.76. The molecule has 0 amide bonds. The Hall–Kier alpha value is -1.12. The van der Waals surface area contributed by atoms with Crippen molar-refractivity contribution in [2.75, 3.05) is 0 Å². The zero-order valence-corrected chi connectivity index (χ0v) is 14.4. The SMILES string of the molecule is CC(C)Cc1ccc(C(C)NC(C)Cc2ccsc2)cc1. The minimum atomic E-state index is 0.395. The summed E-state index contributed by atoms with van der Waals surface area (Å²) in [6.07, 6.45) is 2.26. The molecule has 2 atom stereocenters. The molecule has 0 spiro atoms. The van der Waals surface area contributed by atoms with Crippen LogP contribution in [0.4, 0.5) is 0 Å². The quantitative estimate of drug-likeness (QED) is 0.738. The van der Waals surface area contributed by atoms with Gasteiger partial charge in [0, 0.05) is 12.1 Å². The Labute approximate surface area is 133 Å². The molecule has 2 unspecified atom stereocenters. The molecule has 1 N–H and O–H groups in total. The molecular weight excluding hydrogens is 274 g/mol. The van der Waals surface area contributed by atoms with E-state index in [1.54, 1.807) is 11.3 Å². The van der Waals surface area contributed by atoms with Crippen molar-refractivity contribution in [3.8, 4) is 0 Å². The largest absolute Gasteiger partial charge is 0.307 e. The summed E-state index contributed by atoms with van der Waals surface area (Å²) in [4.78, 5) is 0. The van der Waals surface area contributed by atoms with Crippen molar-refractivity contribution in [3.63, 3.8) is 0 Å². The third kappa shape index (κ3) is 5.29. The van der Waals surface area contributed by atoms with Crippen LogP contribution in [0.1, 0.15) is 50.4 Å². The van der Waals surface area contributed by atoms with Crippen LogP contribution in [0.2, 0.25) is 0 Å². The Morgan fingerprint density at radius 1 is 0.905 bits per heavy atom. The Morgan fingerprint density at radius 3 is 2.19 bits per heavy atom. The second kappa shape index (κ2) is 7.77. The highest BCUT2D eigenvalue weighted by atomic mass is 32.1. The molecule has 114 valence electrons. The normalized spacial score (nSPS) is 14.3. The monoisotopic (exact) mass is 301 g/mol. The second-order valence-electron chi connectivity index (χ2n) is 6.46. The molecule has 1 aromatic carbocycles. The minimum absolute atomic E-state index is 0.395.